The minimum absolute atomic E-state index is 0.279. The van der Waals surface area contributed by atoms with Crippen molar-refractivity contribution in [1.82, 2.24) is 4.90 Å². The Labute approximate surface area is 167 Å². The predicted octanol–water partition coefficient (Wildman–Crippen LogP) is 3.72. The predicted molar refractivity (Wildman–Crippen MR) is 109 cm³/mol. The van der Waals surface area contributed by atoms with Gasteiger partial charge in [-0.1, -0.05) is 36.3 Å². The molecule has 2 heterocycles. The molecule has 2 atom stereocenters. The van der Waals surface area contributed by atoms with Crippen molar-refractivity contribution in [2.24, 2.45) is 0 Å². The molecule has 2 aliphatic rings. The summed E-state index contributed by atoms with van der Waals surface area (Å²) in [6.07, 6.45) is 9.10. The Bertz CT molecular complexity index is 841. The fourth-order valence-corrected chi connectivity index (χ4v) is 4.80. The van der Waals surface area contributed by atoms with Crippen molar-refractivity contribution in [2.75, 3.05) is 13.7 Å². The lowest BCUT2D eigenvalue weighted by Crippen LogP contribution is -2.49. The first-order valence-corrected chi connectivity index (χ1v) is 9.90. The van der Waals surface area contributed by atoms with E-state index in [1.54, 1.807) is 7.11 Å². The number of terminal acetylenes is 1. The van der Waals surface area contributed by atoms with Crippen LogP contribution in [-0.4, -0.2) is 35.8 Å². The molecule has 2 fully saturated rings. The van der Waals surface area contributed by atoms with Gasteiger partial charge in [-0.25, -0.2) is 0 Å². The third kappa shape index (κ3) is 3.61. The number of benzene rings is 2. The number of hydrogen-bond donors (Lipinski definition) is 1. The zero-order valence-electron chi connectivity index (χ0n) is 16.3. The zero-order chi connectivity index (χ0) is 19.6. The smallest absolute Gasteiger partial charge is 0.148 e. The van der Waals surface area contributed by atoms with Crippen molar-refractivity contribution < 1.29 is 14.6 Å². The molecule has 0 radical (unpaired) electrons. The number of methoxy groups -OCH3 is 1. The lowest BCUT2D eigenvalue weighted by atomic mass is 9.80. The van der Waals surface area contributed by atoms with Crippen LogP contribution in [0.2, 0.25) is 0 Å². The van der Waals surface area contributed by atoms with Crippen molar-refractivity contribution in [3.63, 3.8) is 0 Å². The van der Waals surface area contributed by atoms with E-state index >= 15 is 0 Å². The van der Waals surface area contributed by atoms with E-state index in [9.17, 15) is 5.11 Å². The third-order valence-corrected chi connectivity index (χ3v) is 6.18. The summed E-state index contributed by atoms with van der Waals surface area (Å²) in [6, 6.07) is 16.7. The van der Waals surface area contributed by atoms with Crippen molar-refractivity contribution in [3.05, 3.63) is 59.7 Å². The van der Waals surface area contributed by atoms with Crippen LogP contribution in [0.4, 0.5) is 0 Å². The van der Waals surface area contributed by atoms with Crippen LogP contribution in [0.1, 0.15) is 36.8 Å². The summed E-state index contributed by atoms with van der Waals surface area (Å²) >= 11 is 0. The van der Waals surface area contributed by atoms with Gasteiger partial charge >= 0.3 is 0 Å². The number of rotatable bonds is 6. The number of aliphatic hydroxyl groups is 1. The highest BCUT2D eigenvalue weighted by Crippen LogP contribution is 2.46. The molecule has 146 valence electrons. The van der Waals surface area contributed by atoms with E-state index in [2.05, 4.69) is 16.9 Å². The number of fused-ring (bicyclic) bond motifs is 2. The van der Waals surface area contributed by atoms with Crippen LogP contribution in [-0.2, 0) is 12.1 Å². The molecule has 2 aromatic carbocycles. The lowest BCUT2D eigenvalue weighted by molar-refractivity contribution is -0.0596. The lowest BCUT2D eigenvalue weighted by Gasteiger charge is -2.44. The van der Waals surface area contributed by atoms with Gasteiger partial charge in [0, 0.05) is 24.2 Å². The Kier molecular flexibility index (Phi) is 5.30. The number of hydrogen-bond acceptors (Lipinski definition) is 4. The van der Waals surface area contributed by atoms with Gasteiger partial charge in [-0.2, -0.15) is 0 Å². The molecular formula is C24H27NO3. The van der Waals surface area contributed by atoms with Gasteiger partial charge in [-0.15, -0.1) is 6.42 Å². The molecule has 0 aliphatic carbocycles. The monoisotopic (exact) mass is 377 g/mol. The Morgan fingerprint density at radius 1 is 1.11 bits per heavy atom. The molecule has 1 N–H and O–H groups in total. The van der Waals surface area contributed by atoms with Gasteiger partial charge in [-0.3, -0.25) is 4.90 Å². The summed E-state index contributed by atoms with van der Waals surface area (Å²) in [4.78, 5) is 2.54. The molecular weight excluding hydrogens is 350 g/mol. The largest absolute Gasteiger partial charge is 0.497 e. The number of para-hydroxylation sites is 1. The topological polar surface area (TPSA) is 41.9 Å². The van der Waals surface area contributed by atoms with Gasteiger partial charge in [-0.05, 0) is 49.4 Å². The molecule has 28 heavy (non-hydrogen) atoms. The standard InChI is InChI=1S/C24H27NO3/c1-3-14-28-23-7-5-4-6-18(23)17-25-20-10-11-21(25)16-24(26,15-20)19-8-12-22(27-2)13-9-19/h1,4-9,12-13,20-21,26H,10-11,14-17H2,2H3/t20-,21-/m0/s1. The van der Waals surface area contributed by atoms with E-state index in [4.69, 9.17) is 15.9 Å². The fraction of sp³-hybridized carbons (Fsp3) is 0.417. The molecule has 4 rings (SSSR count). The van der Waals surface area contributed by atoms with Gasteiger partial charge < -0.3 is 14.6 Å². The molecule has 4 heteroatoms. The maximum atomic E-state index is 11.4. The van der Waals surface area contributed by atoms with Crippen LogP contribution in [0.5, 0.6) is 11.5 Å². The van der Waals surface area contributed by atoms with E-state index in [0.29, 0.717) is 12.1 Å². The number of piperidine rings is 1. The average molecular weight is 377 g/mol. The highest BCUT2D eigenvalue weighted by atomic mass is 16.5. The van der Waals surface area contributed by atoms with E-state index < -0.39 is 5.60 Å². The van der Waals surface area contributed by atoms with E-state index in [0.717, 1.165) is 54.9 Å². The van der Waals surface area contributed by atoms with Crippen LogP contribution in [0, 0.1) is 12.3 Å². The average Bonchev–Trinajstić information content (AvgIpc) is 2.97. The summed E-state index contributed by atoms with van der Waals surface area (Å²) in [7, 11) is 1.66. The molecule has 0 aromatic heterocycles. The molecule has 0 saturated carbocycles. The molecule has 2 bridgehead atoms. The van der Waals surface area contributed by atoms with Crippen LogP contribution in [0.25, 0.3) is 0 Å². The maximum Gasteiger partial charge on any atom is 0.148 e. The summed E-state index contributed by atoms with van der Waals surface area (Å²) in [5, 5.41) is 11.4. The minimum atomic E-state index is -0.770. The second kappa shape index (κ2) is 7.87. The Morgan fingerprint density at radius 3 is 2.43 bits per heavy atom. The van der Waals surface area contributed by atoms with Crippen molar-refractivity contribution in [1.29, 1.82) is 0 Å². The van der Waals surface area contributed by atoms with Crippen molar-refractivity contribution in [2.45, 2.75) is 49.9 Å². The molecule has 2 aliphatic heterocycles. The van der Waals surface area contributed by atoms with E-state index in [-0.39, 0.29) is 6.61 Å². The quantitative estimate of drug-likeness (QED) is 0.779. The Hall–Kier alpha value is -2.48. The third-order valence-electron chi connectivity index (χ3n) is 6.18. The van der Waals surface area contributed by atoms with Crippen LogP contribution in [0.3, 0.4) is 0 Å². The van der Waals surface area contributed by atoms with Crippen LogP contribution in [0.15, 0.2) is 48.5 Å². The highest BCUT2D eigenvalue weighted by Gasteiger charge is 2.48. The van der Waals surface area contributed by atoms with E-state index in [1.807, 2.05) is 42.5 Å². The summed E-state index contributed by atoms with van der Waals surface area (Å²) in [5.41, 5.74) is 1.38. The summed E-state index contributed by atoms with van der Waals surface area (Å²) in [5.74, 6) is 4.21. The first-order chi connectivity index (χ1) is 13.6. The van der Waals surface area contributed by atoms with Crippen LogP contribution >= 0.6 is 0 Å². The van der Waals surface area contributed by atoms with Crippen molar-refractivity contribution >= 4 is 0 Å². The normalized spacial score (nSPS) is 26.6. The van der Waals surface area contributed by atoms with Crippen LogP contribution < -0.4 is 9.47 Å². The number of nitrogens with zero attached hydrogens (tertiary/aromatic N) is 1. The second-order valence-electron chi connectivity index (χ2n) is 7.83. The Balaban J connectivity index is 1.51. The van der Waals surface area contributed by atoms with Crippen molar-refractivity contribution in [3.8, 4) is 23.8 Å². The van der Waals surface area contributed by atoms with Gasteiger partial charge in [0.05, 0.1) is 12.7 Å². The van der Waals surface area contributed by atoms with Gasteiger partial charge in [0.1, 0.15) is 18.1 Å². The molecule has 0 amide bonds. The summed E-state index contributed by atoms with van der Waals surface area (Å²) < 4.78 is 11.0. The first-order valence-electron chi connectivity index (χ1n) is 9.90. The SMILES string of the molecule is C#CCOc1ccccc1CN1[C@H]2CC[C@H]1CC(O)(c1ccc(OC)cc1)C2. The first kappa shape index (κ1) is 18.9. The summed E-state index contributed by atoms with van der Waals surface area (Å²) in [6.45, 7) is 1.11. The van der Waals surface area contributed by atoms with Gasteiger partial charge in [0.15, 0.2) is 0 Å². The number of ether oxygens (including phenoxy) is 2. The zero-order valence-corrected chi connectivity index (χ0v) is 16.3. The molecule has 2 saturated heterocycles. The second-order valence-corrected chi connectivity index (χ2v) is 7.83. The maximum absolute atomic E-state index is 11.4. The van der Waals surface area contributed by atoms with Gasteiger partial charge in [0.2, 0.25) is 0 Å². The molecule has 0 spiro atoms. The van der Waals surface area contributed by atoms with Gasteiger partial charge in [0.25, 0.3) is 0 Å². The minimum Gasteiger partial charge on any atom is -0.497 e. The molecule has 2 aromatic rings. The molecule has 4 nitrogen and oxygen atoms in total. The Morgan fingerprint density at radius 2 is 1.79 bits per heavy atom. The molecule has 0 unspecified atom stereocenters. The van der Waals surface area contributed by atoms with E-state index in [1.165, 1.54) is 0 Å². The fourth-order valence-electron chi connectivity index (χ4n) is 4.80. The highest BCUT2D eigenvalue weighted by molar-refractivity contribution is 5.35.